The molecule has 22 heavy (non-hydrogen) atoms. The van der Waals surface area contributed by atoms with Crippen LogP contribution in [-0.4, -0.2) is 15.7 Å². The molecule has 1 N–H and O–H groups in total. The van der Waals surface area contributed by atoms with Crippen LogP contribution < -0.4 is 5.32 Å². The number of carbonyl (C=O) groups is 1. The van der Waals surface area contributed by atoms with Crippen LogP contribution in [0.5, 0.6) is 0 Å². The minimum absolute atomic E-state index is 0.141. The summed E-state index contributed by atoms with van der Waals surface area (Å²) in [6.07, 6.45) is -3.43. The molecule has 0 fully saturated rings. The molecule has 0 aliphatic carbocycles. The average molecular weight is 352 g/mol. The summed E-state index contributed by atoms with van der Waals surface area (Å²) in [7, 11) is 0. The lowest BCUT2D eigenvalue weighted by Gasteiger charge is -2.07. The maximum absolute atomic E-state index is 12.4. The van der Waals surface area contributed by atoms with Crippen LogP contribution in [0, 0.1) is 0 Å². The second-order valence-electron chi connectivity index (χ2n) is 4.41. The van der Waals surface area contributed by atoms with E-state index in [1.54, 1.807) is 12.1 Å². The molecule has 118 valence electrons. The van der Waals surface area contributed by atoms with Crippen molar-refractivity contribution in [2.75, 3.05) is 0 Å². The summed E-state index contributed by atoms with van der Waals surface area (Å²) in [4.78, 5) is 11.7. The number of hydrogen-bond donors (Lipinski definition) is 1. The fourth-order valence-electron chi connectivity index (χ4n) is 1.66. The topological polar surface area (TPSA) is 46.9 Å². The highest BCUT2D eigenvalue weighted by molar-refractivity contribution is 6.35. The molecule has 0 bridgehead atoms. The maximum atomic E-state index is 12.4. The van der Waals surface area contributed by atoms with Gasteiger partial charge in [0.05, 0.1) is 0 Å². The average Bonchev–Trinajstić information content (AvgIpc) is 2.86. The van der Waals surface area contributed by atoms with Crippen molar-refractivity contribution in [3.05, 3.63) is 51.8 Å². The SMILES string of the molecule is O=C(Cn1ccc(C(F)(F)F)n1)NCc1ccc(Cl)cc1Cl. The number of rotatable bonds is 4. The molecule has 1 aromatic heterocycles. The minimum Gasteiger partial charge on any atom is -0.350 e. The highest BCUT2D eigenvalue weighted by Gasteiger charge is 2.33. The van der Waals surface area contributed by atoms with Gasteiger partial charge >= 0.3 is 6.18 Å². The number of benzene rings is 1. The molecule has 0 spiro atoms. The molecule has 4 nitrogen and oxygen atoms in total. The van der Waals surface area contributed by atoms with Crippen LogP contribution in [0.1, 0.15) is 11.3 Å². The maximum Gasteiger partial charge on any atom is 0.435 e. The lowest BCUT2D eigenvalue weighted by Crippen LogP contribution is -2.27. The summed E-state index contributed by atoms with van der Waals surface area (Å²) in [6, 6.07) is 5.62. The van der Waals surface area contributed by atoms with Crippen LogP contribution in [0.4, 0.5) is 13.2 Å². The number of carbonyl (C=O) groups excluding carboxylic acids is 1. The summed E-state index contributed by atoms with van der Waals surface area (Å²) in [5, 5.41) is 6.70. The van der Waals surface area contributed by atoms with Gasteiger partial charge in [-0.2, -0.15) is 18.3 Å². The first-order chi connectivity index (χ1) is 10.3. The Morgan fingerprint density at radius 1 is 1.27 bits per heavy atom. The van der Waals surface area contributed by atoms with Gasteiger partial charge in [-0.25, -0.2) is 0 Å². The van der Waals surface area contributed by atoms with E-state index in [0.29, 0.717) is 15.6 Å². The molecule has 1 heterocycles. The van der Waals surface area contributed by atoms with E-state index in [9.17, 15) is 18.0 Å². The Morgan fingerprint density at radius 2 is 2.00 bits per heavy atom. The first-order valence-electron chi connectivity index (χ1n) is 6.07. The van der Waals surface area contributed by atoms with E-state index in [1.807, 2.05) is 0 Å². The van der Waals surface area contributed by atoms with E-state index in [0.717, 1.165) is 16.9 Å². The lowest BCUT2D eigenvalue weighted by molar-refractivity contribution is -0.141. The Bertz CT molecular complexity index is 685. The Morgan fingerprint density at radius 3 is 2.59 bits per heavy atom. The molecule has 1 amide bonds. The van der Waals surface area contributed by atoms with Crippen molar-refractivity contribution in [3.8, 4) is 0 Å². The summed E-state index contributed by atoms with van der Waals surface area (Å²) < 4.78 is 38.1. The normalized spacial score (nSPS) is 11.5. The van der Waals surface area contributed by atoms with Gasteiger partial charge in [-0.1, -0.05) is 29.3 Å². The van der Waals surface area contributed by atoms with Crippen LogP contribution in [0.15, 0.2) is 30.5 Å². The van der Waals surface area contributed by atoms with E-state index in [4.69, 9.17) is 23.2 Å². The number of amides is 1. The van der Waals surface area contributed by atoms with Crippen molar-refractivity contribution >= 4 is 29.1 Å². The summed E-state index contributed by atoms with van der Waals surface area (Å²) in [6.45, 7) is -0.177. The number of nitrogens with one attached hydrogen (secondary N) is 1. The first kappa shape index (κ1) is 16.6. The van der Waals surface area contributed by atoms with Crippen LogP contribution in [0.2, 0.25) is 10.0 Å². The highest BCUT2D eigenvalue weighted by Crippen LogP contribution is 2.27. The first-order valence-corrected chi connectivity index (χ1v) is 6.82. The van der Waals surface area contributed by atoms with Crippen LogP contribution in [0.3, 0.4) is 0 Å². The fourth-order valence-corrected chi connectivity index (χ4v) is 2.14. The number of halogens is 5. The zero-order valence-corrected chi connectivity index (χ0v) is 12.5. The van der Waals surface area contributed by atoms with Gasteiger partial charge in [0, 0.05) is 22.8 Å². The zero-order valence-electron chi connectivity index (χ0n) is 11.0. The highest BCUT2D eigenvalue weighted by atomic mass is 35.5. The third-order valence-corrected chi connectivity index (χ3v) is 3.31. The van der Waals surface area contributed by atoms with E-state index in [1.165, 1.54) is 6.07 Å². The van der Waals surface area contributed by atoms with Gasteiger partial charge in [0.15, 0.2) is 5.69 Å². The number of aromatic nitrogens is 2. The summed E-state index contributed by atoms with van der Waals surface area (Å²) in [5.41, 5.74) is -0.392. The molecule has 1 aromatic carbocycles. The molecule has 9 heteroatoms. The van der Waals surface area contributed by atoms with Crippen LogP contribution in [0.25, 0.3) is 0 Å². The van der Waals surface area contributed by atoms with Gasteiger partial charge in [-0.3, -0.25) is 9.48 Å². The van der Waals surface area contributed by atoms with Crippen molar-refractivity contribution in [2.24, 2.45) is 0 Å². The predicted octanol–water partition coefficient (Wildman–Crippen LogP) is 3.53. The van der Waals surface area contributed by atoms with E-state index in [-0.39, 0.29) is 13.1 Å². The van der Waals surface area contributed by atoms with Gasteiger partial charge in [-0.15, -0.1) is 0 Å². The van der Waals surface area contributed by atoms with Gasteiger partial charge in [0.2, 0.25) is 5.91 Å². The second kappa shape index (κ2) is 6.58. The third kappa shape index (κ3) is 4.38. The predicted molar refractivity (Wildman–Crippen MR) is 75.5 cm³/mol. The molecule has 0 radical (unpaired) electrons. The van der Waals surface area contributed by atoms with Gasteiger partial charge in [-0.05, 0) is 23.8 Å². The van der Waals surface area contributed by atoms with E-state index < -0.39 is 17.8 Å². The Labute approximate surface area is 133 Å². The second-order valence-corrected chi connectivity index (χ2v) is 5.25. The van der Waals surface area contributed by atoms with Crippen molar-refractivity contribution in [1.82, 2.24) is 15.1 Å². The smallest absolute Gasteiger partial charge is 0.350 e. The molecule has 0 atom stereocenters. The van der Waals surface area contributed by atoms with Crippen LogP contribution >= 0.6 is 23.2 Å². The standard InChI is InChI=1S/C13H10Cl2F3N3O/c14-9-2-1-8(10(15)5-9)6-19-12(22)7-21-4-3-11(20-21)13(16,17)18/h1-5H,6-7H2,(H,19,22). The Hall–Kier alpha value is -1.73. The molecular formula is C13H10Cl2F3N3O. The minimum atomic E-state index is -4.53. The number of nitrogens with zero attached hydrogens (tertiary/aromatic N) is 2. The lowest BCUT2D eigenvalue weighted by atomic mass is 10.2. The quantitative estimate of drug-likeness (QED) is 0.915. The molecule has 0 aliphatic rings. The molecule has 0 aliphatic heterocycles. The Balaban J connectivity index is 1.92. The molecular weight excluding hydrogens is 342 g/mol. The molecule has 2 rings (SSSR count). The number of alkyl halides is 3. The zero-order chi connectivity index (χ0) is 16.3. The summed E-state index contributed by atoms with van der Waals surface area (Å²) >= 11 is 11.7. The van der Waals surface area contributed by atoms with E-state index >= 15 is 0 Å². The number of hydrogen-bond acceptors (Lipinski definition) is 2. The summed E-state index contributed by atoms with van der Waals surface area (Å²) in [5.74, 6) is -0.483. The third-order valence-electron chi connectivity index (χ3n) is 2.73. The van der Waals surface area contributed by atoms with Crippen molar-refractivity contribution < 1.29 is 18.0 Å². The van der Waals surface area contributed by atoms with Crippen LogP contribution in [-0.2, 0) is 24.1 Å². The van der Waals surface area contributed by atoms with Gasteiger partial charge in [0.1, 0.15) is 6.54 Å². The van der Waals surface area contributed by atoms with Gasteiger partial charge in [0.25, 0.3) is 0 Å². The molecule has 0 saturated heterocycles. The van der Waals surface area contributed by atoms with E-state index in [2.05, 4.69) is 10.4 Å². The molecule has 0 unspecified atom stereocenters. The molecule has 0 saturated carbocycles. The molecule has 2 aromatic rings. The largest absolute Gasteiger partial charge is 0.435 e. The van der Waals surface area contributed by atoms with Gasteiger partial charge < -0.3 is 5.32 Å². The van der Waals surface area contributed by atoms with Crippen molar-refractivity contribution in [3.63, 3.8) is 0 Å². The van der Waals surface area contributed by atoms with Crippen molar-refractivity contribution in [1.29, 1.82) is 0 Å². The fraction of sp³-hybridized carbons (Fsp3) is 0.231. The Kier molecular flexibility index (Phi) is 4.97. The van der Waals surface area contributed by atoms with Crippen molar-refractivity contribution in [2.45, 2.75) is 19.3 Å². The monoisotopic (exact) mass is 351 g/mol.